The van der Waals surface area contributed by atoms with Crippen molar-refractivity contribution in [2.75, 3.05) is 27.7 Å². The van der Waals surface area contributed by atoms with Gasteiger partial charge in [0.1, 0.15) is 5.75 Å². The van der Waals surface area contributed by atoms with Crippen LogP contribution in [0, 0.1) is 0 Å². The minimum Gasteiger partial charge on any atom is -0.496 e. The van der Waals surface area contributed by atoms with Gasteiger partial charge in [-0.05, 0) is 12.1 Å². The predicted molar refractivity (Wildman–Crippen MR) is 64.0 cm³/mol. The monoisotopic (exact) mass is 236 g/mol. The van der Waals surface area contributed by atoms with Gasteiger partial charge in [0.25, 0.3) is 5.91 Å². The van der Waals surface area contributed by atoms with Gasteiger partial charge in [0.05, 0.1) is 19.2 Å². The smallest absolute Gasteiger partial charge is 0.255 e. The van der Waals surface area contributed by atoms with E-state index in [0.717, 1.165) is 0 Å². The molecule has 1 N–H and O–H groups in total. The van der Waals surface area contributed by atoms with Crippen molar-refractivity contribution in [3.63, 3.8) is 0 Å². The van der Waals surface area contributed by atoms with Crippen LogP contribution in [0.2, 0.25) is 0 Å². The van der Waals surface area contributed by atoms with E-state index in [1.807, 2.05) is 0 Å². The van der Waals surface area contributed by atoms with Crippen molar-refractivity contribution >= 4 is 11.8 Å². The van der Waals surface area contributed by atoms with E-state index < -0.39 is 0 Å². The van der Waals surface area contributed by atoms with E-state index in [4.69, 9.17) is 4.74 Å². The van der Waals surface area contributed by atoms with Crippen LogP contribution in [0.1, 0.15) is 10.4 Å². The van der Waals surface area contributed by atoms with Gasteiger partial charge < -0.3 is 15.0 Å². The van der Waals surface area contributed by atoms with Crippen LogP contribution in [0.3, 0.4) is 0 Å². The third-order valence-corrected chi connectivity index (χ3v) is 2.25. The van der Waals surface area contributed by atoms with Gasteiger partial charge in [0.2, 0.25) is 5.91 Å². The number of methoxy groups -OCH3 is 1. The summed E-state index contributed by atoms with van der Waals surface area (Å²) in [5, 5.41) is 2.54. The first-order valence-electron chi connectivity index (χ1n) is 5.17. The minimum absolute atomic E-state index is 0.0239. The van der Waals surface area contributed by atoms with Crippen molar-refractivity contribution in [1.29, 1.82) is 0 Å². The van der Waals surface area contributed by atoms with Gasteiger partial charge in [0.15, 0.2) is 0 Å². The normalized spacial score (nSPS) is 9.59. The lowest BCUT2D eigenvalue weighted by molar-refractivity contribution is -0.127. The number of carbonyl (C=O) groups is 2. The van der Waals surface area contributed by atoms with Crippen molar-refractivity contribution in [2.45, 2.75) is 0 Å². The van der Waals surface area contributed by atoms with Crippen molar-refractivity contribution in [3.8, 4) is 5.75 Å². The molecule has 0 radical (unpaired) electrons. The lowest BCUT2D eigenvalue weighted by Gasteiger charge is -2.12. The summed E-state index contributed by atoms with van der Waals surface area (Å²) in [5.41, 5.74) is 0.418. The average molecular weight is 236 g/mol. The summed E-state index contributed by atoms with van der Waals surface area (Å²) in [4.78, 5) is 24.5. The first kappa shape index (κ1) is 13.0. The Labute approximate surface area is 100 Å². The Morgan fingerprint density at radius 2 is 1.94 bits per heavy atom. The molecule has 0 spiro atoms. The molecule has 5 nitrogen and oxygen atoms in total. The molecule has 0 aliphatic heterocycles. The van der Waals surface area contributed by atoms with Gasteiger partial charge in [-0.2, -0.15) is 0 Å². The largest absolute Gasteiger partial charge is 0.496 e. The lowest BCUT2D eigenvalue weighted by atomic mass is 10.2. The summed E-state index contributed by atoms with van der Waals surface area (Å²) in [6, 6.07) is 6.86. The molecule has 1 rings (SSSR count). The van der Waals surface area contributed by atoms with Crippen molar-refractivity contribution in [1.82, 2.24) is 10.2 Å². The van der Waals surface area contributed by atoms with E-state index in [-0.39, 0.29) is 18.4 Å². The number of ether oxygens (including phenoxy) is 1. The van der Waals surface area contributed by atoms with E-state index in [1.54, 1.807) is 38.4 Å². The van der Waals surface area contributed by atoms with Crippen LogP contribution in [0.5, 0.6) is 5.75 Å². The van der Waals surface area contributed by atoms with E-state index in [9.17, 15) is 9.59 Å². The number of amides is 2. The van der Waals surface area contributed by atoms with Gasteiger partial charge in [0, 0.05) is 14.1 Å². The average Bonchev–Trinajstić information content (AvgIpc) is 2.35. The summed E-state index contributed by atoms with van der Waals surface area (Å²) < 4.78 is 5.06. The fourth-order valence-corrected chi connectivity index (χ4v) is 1.24. The third kappa shape index (κ3) is 3.48. The molecular formula is C12H16N2O3. The molecule has 17 heavy (non-hydrogen) atoms. The van der Waals surface area contributed by atoms with Crippen molar-refractivity contribution in [2.24, 2.45) is 0 Å². The molecule has 0 bridgehead atoms. The predicted octanol–water partition coefficient (Wildman–Crippen LogP) is 0.513. The number of carbonyl (C=O) groups excluding carboxylic acids is 2. The molecule has 1 aromatic carbocycles. The highest BCUT2D eigenvalue weighted by atomic mass is 16.5. The number of nitrogens with one attached hydrogen (secondary N) is 1. The molecule has 0 fully saturated rings. The summed E-state index contributed by atoms with van der Waals surface area (Å²) in [6.45, 7) is -0.0239. The van der Waals surface area contributed by atoms with Gasteiger partial charge in [-0.3, -0.25) is 9.59 Å². The molecule has 0 atom stereocenters. The fourth-order valence-electron chi connectivity index (χ4n) is 1.24. The molecule has 0 aliphatic carbocycles. The second kappa shape index (κ2) is 5.89. The second-order valence-electron chi connectivity index (χ2n) is 3.67. The van der Waals surface area contributed by atoms with Crippen molar-refractivity contribution in [3.05, 3.63) is 29.8 Å². The van der Waals surface area contributed by atoms with E-state index in [2.05, 4.69) is 5.32 Å². The maximum atomic E-state index is 11.8. The van der Waals surface area contributed by atoms with Crippen LogP contribution in [-0.4, -0.2) is 44.5 Å². The number of para-hydroxylation sites is 1. The Bertz CT molecular complexity index is 416. The molecule has 0 aromatic heterocycles. The van der Waals surface area contributed by atoms with Gasteiger partial charge in [-0.1, -0.05) is 12.1 Å². The Balaban J connectivity index is 2.67. The molecule has 0 heterocycles. The Morgan fingerprint density at radius 3 is 2.53 bits per heavy atom. The van der Waals surface area contributed by atoms with Crippen LogP contribution >= 0.6 is 0 Å². The molecule has 92 valence electrons. The highest BCUT2D eigenvalue weighted by Crippen LogP contribution is 2.16. The Hall–Kier alpha value is -2.04. The van der Waals surface area contributed by atoms with Crippen molar-refractivity contribution < 1.29 is 14.3 Å². The van der Waals surface area contributed by atoms with Gasteiger partial charge >= 0.3 is 0 Å². The molecule has 2 amide bonds. The van der Waals surface area contributed by atoms with Crippen LogP contribution in [0.4, 0.5) is 0 Å². The van der Waals surface area contributed by atoms with Crippen LogP contribution in [0.25, 0.3) is 0 Å². The standard InChI is InChI=1S/C12H16N2O3/c1-14(2)11(15)8-13-12(16)9-6-4-5-7-10(9)17-3/h4-7H,8H2,1-3H3,(H,13,16). The topological polar surface area (TPSA) is 58.6 Å². The summed E-state index contributed by atoms with van der Waals surface area (Å²) >= 11 is 0. The fraction of sp³-hybridized carbons (Fsp3) is 0.333. The zero-order valence-corrected chi connectivity index (χ0v) is 10.2. The highest BCUT2D eigenvalue weighted by Gasteiger charge is 2.12. The van der Waals surface area contributed by atoms with Crippen LogP contribution in [-0.2, 0) is 4.79 Å². The van der Waals surface area contributed by atoms with Crippen LogP contribution in [0.15, 0.2) is 24.3 Å². The van der Waals surface area contributed by atoms with Crippen LogP contribution < -0.4 is 10.1 Å². The summed E-state index contributed by atoms with van der Waals surface area (Å²) in [7, 11) is 4.77. The molecule has 0 aliphatic rings. The zero-order chi connectivity index (χ0) is 12.8. The number of hydrogen-bond acceptors (Lipinski definition) is 3. The molecule has 1 aromatic rings. The molecule has 0 saturated heterocycles. The number of rotatable bonds is 4. The first-order chi connectivity index (χ1) is 8.06. The number of hydrogen-bond donors (Lipinski definition) is 1. The molecular weight excluding hydrogens is 220 g/mol. The third-order valence-electron chi connectivity index (χ3n) is 2.25. The van der Waals surface area contributed by atoms with E-state index in [0.29, 0.717) is 11.3 Å². The van der Waals surface area contributed by atoms with Gasteiger partial charge in [-0.25, -0.2) is 0 Å². The maximum absolute atomic E-state index is 11.8. The Kier molecular flexibility index (Phi) is 4.51. The molecule has 0 unspecified atom stereocenters. The number of benzene rings is 1. The highest BCUT2D eigenvalue weighted by molar-refractivity contribution is 5.98. The molecule has 5 heteroatoms. The van der Waals surface area contributed by atoms with E-state index >= 15 is 0 Å². The maximum Gasteiger partial charge on any atom is 0.255 e. The lowest BCUT2D eigenvalue weighted by Crippen LogP contribution is -2.36. The zero-order valence-electron chi connectivity index (χ0n) is 10.2. The van der Waals surface area contributed by atoms with Gasteiger partial charge in [-0.15, -0.1) is 0 Å². The summed E-state index contributed by atoms with van der Waals surface area (Å²) in [6.07, 6.45) is 0. The molecule has 0 saturated carbocycles. The minimum atomic E-state index is -0.322. The number of nitrogens with zero attached hydrogens (tertiary/aromatic N) is 1. The Morgan fingerprint density at radius 1 is 1.29 bits per heavy atom. The number of likely N-dealkylation sites (N-methyl/N-ethyl adjacent to an activating group) is 1. The van der Waals surface area contributed by atoms with E-state index in [1.165, 1.54) is 12.0 Å². The SMILES string of the molecule is COc1ccccc1C(=O)NCC(=O)N(C)C. The summed E-state index contributed by atoms with van der Waals surface area (Å²) in [5.74, 6) is 0.00759. The first-order valence-corrected chi connectivity index (χ1v) is 5.17. The quantitative estimate of drug-likeness (QED) is 0.828. The second-order valence-corrected chi connectivity index (χ2v) is 3.67.